The number of rotatable bonds is 14. The number of hydrogen-bond donors (Lipinski definition) is 0. The summed E-state index contributed by atoms with van der Waals surface area (Å²) in [5.74, 6) is 0.490. The molecule has 10 heteroatoms. The predicted molar refractivity (Wildman–Crippen MR) is 208 cm³/mol. The Morgan fingerprint density at radius 2 is 1.71 bits per heavy atom. The minimum Gasteiger partial charge on any atom is -0.493 e. The number of amides is 1. The molecule has 0 fully saturated rings. The van der Waals surface area contributed by atoms with Gasteiger partial charge in [0.2, 0.25) is 0 Å². The molecule has 0 radical (unpaired) electrons. The number of aromatic nitrogens is 3. The molecule has 5 rings (SSSR count). The second-order valence-electron chi connectivity index (χ2n) is 13.9. The van der Waals surface area contributed by atoms with E-state index in [1.54, 1.807) is 11.9 Å². The van der Waals surface area contributed by atoms with E-state index in [-0.39, 0.29) is 18.7 Å². The van der Waals surface area contributed by atoms with Crippen LogP contribution in [-0.2, 0) is 41.2 Å². The third kappa shape index (κ3) is 8.27. The van der Waals surface area contributed by atoms with E-state index in [9.17, 15) is 9.59 Å². The lowest BCUT2D eigenvalue weighted by Crippen LogP contribution is -2.35. The highest BCUT2D eigenvalue weighted by Crippen LogP contribution is 2.41. The van der Waals surface area contributed by atoms with Crippen molar-refractivity contribution in [3.05, 3.63) is 82.8 Å². The van der Waals surface area contributed by atoms with Crippen molar-refractivity contribution >= 4 is 49.7 Å². The summed E-state index contributed by atoms with van der Waals surface area (Å²) in [4.78, 5) is 28.4. The Morgan fingerprint density at radius 3 is 2.41 bits per heavy atom. The SMILES string of the molecule is CCOC(=O)c1c(CCCOc2cccc3ccccc23)c2ccc(C)c(-c3c(CBr)nn(C)c3CC)c2n1CCCN(C)C(=O)OC(C)(C)C. The first-order chi connectivity index (χ1) is 24.4. The second kappa shape index (κ2) is 16.4. The number of carbonyl (C=O) groups excluding carboxylic acids is 2. The van der Waals surface area contributed by atoms with Crippen LogP contribution in [0.5, 0.6) is 5.75 Å². The first kappa shape index (κ1) is 37.9. The Bertz CT molecular complexity index is 2020. The van der Waals surface area contributed by atoms with Crippen LogP contribution in [0.25, 0.3) is 32.8 Å². The highest BCUT2D eigenvalue weighted by atomic mass is 79.9. The molecule has 3 aromatic carbocycles. The molecule has 1 amide bonds. The van der Waals surface area contributed by atoms with E-state index >= 15 is 0 Å². The zero-order valence-electron chi connectivity index (χ0n) is 31.3. The molecule has 0 atom stereocenters. The summed E-state index contributed by atoms with van der Waals surface area (Å²) in [7, 11) is 3.73. The Kier molecular flexibility index (Phi) is 12.2. The molecule has 0 unspecified atom stereocenters. The van der Waals surface area contributed by atoms with Crippen LogP contribution < -0.4 is 4.74 Å². The number of aryl methyl sites for hydroxylation is 4. The lowest BCUT2D eigenvalue weighted by atomic mass is 9.93. The Labute approximate surface area is 310 Å². The fourth-order valence-corrected chi connectivity index (χ4v) is 7.29. The fourth-order valence-electron chi connectivity index (χ4n) is 6.90. The van der Waals surface area contributed by atoms with Crippen molar-refractivity contribution in [2.24, 2.45) is 7.05 Å². The van der Waals surface area contributed by atoms with E-state index in [4.69, 9.17) is 19.3 Å². The zero-order valence-corrected chi connectivity index (χ0v) is 32.9. The second-order valence-corrected chi connectivity index (χ2v) is 14.5. The fraction of sp³-hybridized carbons (Fsp3) is 0.439. The molecule has 9 nitrogen and oxygen atoms in total. The number of esters is 1. The van der Waals surface area contributed by atoms with E-state index in [0.29, 0.717) is 50.0 Å². The van der Waals surface area contributed by atoms with Crippen LogP contribution in [0.2, 0.25) is 0 Å². The predicted octanol–water partition coefficient (Wildman–Crippen LogP) is 9.41. The molecule has 0 N–H and O–H groups in total. The minimum atomic E-state index is -0.592. The number of alkyl halides is 1. The van der Waals surface area contributed by atoms with Gasteiger partial charge in [-0.05, 0) is 82.9 Å². The molecule has 0 spiro atoms. The molecule has 0 aliphatic rings. The van der Waals surface area contributed by atoms with E-state index in [1.165, 1.54) is 0 Å². The number of halogens is 1. The summed E-state index contributed by atoms with van der Waals surface area (Å²) < 4.78 is 21.8. The Morgan fingerprint density at radius 1 is 0.961 bits per heavy atom. The molecule has 272 valence electrons. The van der Waals surface area contributed by atoms with Gasteiger partial charge < -0.3 is 23.7 Å². The Hall–Kier alpha value is -4.31. The zero-order chi connectivity index (χ0) is 36.9. The number of benzene rings is 3. The van der Waals surface area contributed by atoms with Gasteiger partial charge in [-0.15, -0.1) is 0 Å². The van der Waals surface area contributed by atoms with Gasteiger partial charge in [0.05, 0.1) is 24.4 Å². The van der Waals surface area contributed by atoms with Gasteiger partial charge >= 0.3 is 12.1 Å². The average Bonchev–Trinajstić information content (AvgIpc) is 3.58. The van der Waals surface area contributed by atoms with Gasteiger partial charge in [-0.3, -0.25) is 4.68 Å². The van der Waals surface area contributed by atoms with E-state index in [2.05, 4.69) is 64.7 Å². The first-order valence-electron chi connectivity index (χ1n) is 17.9. The van der Waals surface area contributed by atoms with Gasteiger partial charge in [0.1, 0.15) is 17.0 Å². The summed E-state index contributed by atoms with van der Waals surface area (Å²) in [6, 6.07) is 18.6. The van der Waals surface area contributed by atoms with E-state index < -0.39 is 5.60 Å². The van der Waals surface area contributed by atoms with Gasteiger partial charge in [0.25, 0.3) is 0 Å². The van der Waals surface area contributed by atoms with Crippen molar-refractivity contribution < 1.29 is 23.8 Å². The standard InChI is InChI=1S/C41H51BrN4O5/c1-9-33-36(32(26-42)43-45(33)8)35-27(3)21-22-31-30(19-14-25-50-34-20-13-17-28-16-11-12-18-29(28)34)38(39(47)49-10-2)46(37(31)35)24-15-23-44(7)40(48)51-41(4,5)6/h11-13,16-18,20-22H,9-10,14-15,19,23-26H2,1-8H3. The molecule has 0 bridgehead atoms. The normalized spacial score (nSPS) is 11.7. The molecule has 5 aromatic rings. The van der Waals surface area contributed by atoms with Gasteiger partial charge in [0.15, 0.2) is 0 Å². The van der Waals surface area contributed by atoms with Crippen molar-refractivity contribution in [3.8, 4) is 16.9 Å². The third-order valence-electron chi connectivity index (χ3n) is 9.11. The maximum Gasteiger partial charge on any atom is 0.410 e. The third-order valence-corrected chi connectivity index (χ3v) is 9.65. The van der Waals surface area contributed by atoms with Crippen LogP contribution in [0.3, 0.4) is 0 Å². The van der Waals surface area contributed by atoms with Crippen molar-refractivity contribution in [2.75, 3.05) is 26.8 Å². The summed E-state index contributed by atoms with van der Waals surface area (Å²) >= 11 is 3.70. The summed E-state index contributed by atoms with van der Waals surface area (Å²) in [5.41, 5.74) is 7.20. The summed E-state index contributed by atoms with van der Waals surface area (Å²) in [5, 5.41) is 8.70. The minimum absolute atomic E-state index is 0.258. The summed E-state index contributed by atoms with van der Waals surface area (Å²) in [6.45, 7) is 13.4. The topological polar surface area (TPSA) is 87.8 Å². The van der Waals surface area contributed by atoms with Crippen molar-refractivity contribution in [1.29, 1.82) is 0 Å². The van der Waals surface area contributed by atoms with Crippen LogP contribution in [-0.4, -0.2) is 63.7 Å². The Balaban J connectivity index is 1.60. The van der Waals surface area contributed by atoms with E-state index in [0.717, 1.165) is 67.5 Å². The molecular formula is C41H51BrN4O5. The largest absolute Gasteiger partial charge is 0.493 e. The molecule has 2 aromatic heterocycles. The monoisotopic (exact) mass is 758 g/mol. The number of nitrogens with zero attached hydrogens (tertiary/aromatic N) is 4. The van der Waals surface area contributed by atoms with Gasteiger partial charge in [-0.25, -0.2) is 9.59 Å². The quantitative estimate of drug-likeness (QED) is 0.0637. The van der Waals surface area contributed by atoms with Crippen molar-refractivity contribution in [2.45, 2.75) is 84.7 Å². The maximum absolute atomic E-state index is 14.0. The van der Waals surface area contributed by atoms with Crippen molar-refractivity contribution in [3.63, 3.8) is 0 Å². The van der Waals surface area contributed by atoms with Crippen LogP contribution in [0.15, 0.2) is 54.6 Å². The molecule has 0 aliphatic heterocycles. The smallest absolute Gasteiger partial charge is 0.410 e. The number of fused-ring (bicyclic) bond motifs is 2. The number of carbonyl (C=O) groups is 2. The van der Waals surface area contributed by atoms with E-state index in [1.807, 2.05) is 63.7 Å². The summed E-state index contributed by atoms with van der Waals surface area (Å²) in [6.07, 6.45) is 2.33. The average molecular weight is 760 g/mol. The van der Waals surface area contributed by atoms with Gasteiger partial charge in [0, 0.05) is 60.1 Å². The first-order valence-corrected chi connectivity index (χ1v) is 19.0. The highest BCUT2D eigenvalue weighted by molar-refractivity contribution is 9.08. The number of hydrogen-bond acceptors (Lipinski definition) is 6. The molecular weight excluding hydrogens is 708 g/mol. The number of ether oxygens (including phenoxy) is 3. The molecule has 51 heavy (non-hydrogen) atoms. The maximum atomic E-state index is 14.0. The van der Waals surface area contributed by atoms with Crippen LogP contribution in [0.4, 0.5) is 4.79 Å². The van der Waals surface area contributed by atoms with Gasteiger partial charge in [-0.1, -0.05) is 71.4 Å². The van der Waals surface area contributed by atoms with Gasteiger partial charge in [-0.2, -0.15) is 5.10 Å². The highest BCUT2D eigenvalue weighted by Gasteiger charge is 2.29. The van der Waals surface area contributed by atoms with Crippen LogP contribution in [0.1, 0.15) is 80.5 Å². The van der Waals surface area contributed by atoms with Crippen molar-refractivity contribution in [1.82, 2.24) is 19.2 Å². The lowest BCUT2D eigenvalue weighted by Gasteiger charge is -2.25. The van der Waals surface area contributed by atoms with Crippen LogP contribution in [0, 0.1) is 6.92 Å². The molecule has 0 aliphatic carbocycles. The molecule has 2 heterocycles. The molecule has 0 saturated carbocycles. The molecule has 0 saturated heterocycles. The van der Waals surface area contributed by atoms with Crippen LogP contribution >= 0.6 is 15.9 Å². The lowest BCUT2D eigenvalue weighted by molar-refractivity contribution is 0.0294.